The number of hydrogen-bond donors (Lipinski definition) is 1. The summed E-state index contributed by atoms with van der Waals surface area (Å²) in [7, 11) is 3.33. The van der Waals surface area contributed by atoms with E-state index in [9.17, 15) is 4.79 Å². The van der Waals surface area contributed by atoms with Crippen LogP contribution in [0.2, 0.25) is 0 Å². The molecule has 0 bridgehead atoms. The molecular weight excluding hydrogens is 400 g/mol. The summed E-state index contributed by atoms with van der Waals surface area (Å²) in [6.45, 7) is 4.00. The number of benzene rings is 2. The molecule has 0 radical (unpaired) electrons. The molecule has 2 aromatic rings. The highest BCUT2D eigenvalue weighted by Crippen LogP contribution is 2.50. The van der Waals surface area contributed by atoms with Crippen molar-refractivity contribution in [3.05, 3.63) is 65.2 Å². The van der Waals surface area contributed by atoms with E-state index in [0.717, 1.165) is 55.1 Å². The van der Waals surface area contributed by atoms with Crippen LogP contribution in [0.1, 0.15) is 59.6 Å². The molecule has 3 aliphatic rings. The van der Waals surface area contributed by atoms with Gasteiger partial charge < -0.3 is 19.7 Å². The minimum absolute atomic E-state index is 0.167. The number of likely N-dealkylation sites (tertiary alicyclic amines) is 1. The molecule has 0 aromatic heterocycles. The van der Waals surface area contributed by atoms with Crippen molar-refractivity contribution in [1.29, 1.82) is 0 Å². The van der Waals surface area contributed by atoms with Crippen molar-refractivity contribution >= 4 is 11.6 Å². The number of nitrogens with zero attached hydrogens (tertiary/aromatic N) is 1. The molecule has 2 aromatic carbocycles. The van der Waals surface area contributed by atoms with Gasteiger partial charge in [-0.15, -0.1) is 0 Å². The van der Waals surface area contributed by atoms with Crippen molar-refractivity contribution in [3.63, 3.8) is 0 Å². The molecule has 5 heteroatoms. The van der Waals surface area contributed by atoms with Crippen molar-refractivity contribution in [1.82, 2.24) is 4.90 Å². The number of methoxy groups -OCH3 is 2. The van der Waals surface area contributed by atoms with Crippen molar-refractivity contribution in [3.8, 4) is 11.5 Å². The number of amides is 1. The van der Waals surface area contributed by atoms with Gasteiger partial charge in [0.1, 0.15) is 0 Å². The summed E-state index contributed by atoms with van der Waals surface area (Å²) >= 11 is 0. The van der Waals surface area contributed by atoms with Gasteiger partial charge in [-0.2, -0.15) is 0 Å². The third-order valence-corrected chi connectivity index (χ3v) is 7.45. The Morgan fingerprint density at radius 2 is 1.81 bits per heavy atom. The van der Waals surface area contributed by atoms with Crippen LogP contribution in [-0.2, 0) is 0 Å². The molecule has 1 N–H and O–H groups in total. The van der Waals surface area contributed by atoms with Gasteiger partial charge in [-0.3, -0.25) is 4.79 Å². The van der Waals surface area contributed by atoms with E-state index in [0.29, 0.717) is 17.8 Å². The van der Waals surface area contributed by atoms with Crippen LogP contribution in [0.3, 0.4) is 0 Å². The maximum absolute atomic E-state index is 13.2. The second-order valence-corrected chi connectivity index (χ2v) is 9.37. The van der Waals surface area contributed by atoms with Gasteiger partial charge in [0.2, 0.25) is 0 Å². The zero-order valence-corrected chi connectivity index (χ0v) is 19.1. The maximum atomic E-state index is 13.2. The normalized spacial score (nSPS) is 24.5. The van der Waals surface area contributed by atoms with Crippen LogP contribution in [0.4, 0.5) is 5.69 Å². The van der Waals surface area contributed by atoms with E-state index in [1.807, 2.05) is 17.0 Å². The highest BCUT2D eigenvalue weighted by molar-refractivity contribution is 5.95. The van der Waals surface area contributed by atoms with Gasteiger partial charge in [0.25, 0.3) is 5.91 Å². The van der Waals surface area contributed by atoms with E-state index in [4.69, 9.17) is 9.47 Å². The first-order valence-corrected chi connectivity index (χ1v) is 11.7. The van der Waals surface area contributed by atoms with Gasteiger partial charge in [0.15, 0.2) is 11.5 Å². The number of carbonyl (C=O) groups excluding carboxylic acids is 1. The van der Waals surface area contributed by atoms with Gasteiger partial charge in [-0.05, 0) is 72.6 Å². The van der Waals surface area contributed by atoms with Crippen LogP contribution in [-0.4, -0.2) is 38.1 Å². The van der Waals surface area contributed by atoms with E-state index in [1.165, 1.54) is 11.1 Å². The Morgan fingerprint density at radius 3 is 2.56 bits per heavy atom. The largest absolute Gasteiger partial charge is 0.493 e. The maximum Gasteiger partial charge on any atom is 0.253 e. The van der Waals surface area contributed by atoms with E-state index >= 15 is 0 Å². The second-order valence-electron chi connectivity index (χ2n) is 9.37. The Hall–Kier alpha value is -2.95. The molecule has 2 aliphatic heterocycles. The molecule has 1 amide bonds. The number of carbonyl (C=O) groups is 1. The van der Waals surface area contributed by atoms with Crippen molar-refractivity contribution in [2.24, 2.45) is 11.8 Å². The quantitative estimate of drug-likeness (QED) is 0.657. The molecule has 1 fully saturated rings. The first-order chi connectivity index (χ1) is 15.6. The van der Waals surface area contributed by atoms with Gasteiger partial charge in [0, 0.05) is 30.3 Å². The number of anilines is 1. The predicted molar refractivity (Wildman–Crippen MR) is 127 cm³/mol. The number of piperidine rings is 1. The fraction of sp³-hybridized carbons (Fsp3) is 0.444. The Kier molecular flexibility index (Phi) is 5.58. The van der Waals surface area contributed by atoms with Crippen LogP contribution in [0.5, 0.6) is 11.5 Å². The second kappa shape index (κ2) is 8.53. The molecule has 1 aliphatic carbocycles. The minimum atomic E-state index is 0.167. The number of fused-ring (bicyclic) bond motifs is 3. The summed E-state index contributed by atoms with van der Waals surface area (Å²) in [5.41, 5.74) is 4.34. The highest BCUT2D eigenvalue weighted by atomic mass is 16.5. The van der Waals surface area contributed by atoms with Gasteiger partial charge in [0.05, 0.1) is 20.3 Å². The number of ether oxygens (including phenoxy) is 2. The molecule has 5 nitrogen and oxygen atoms in total. The molecule has 0 spiro atoms. The Bertz CT molecular complexity index is 1040. The molecular formula is C27H32N2O3. The Labute approximate surface area is 190 Å². The van der Waals surface area contributed by atoms with Crippen molar-refractivity contribution < 1.29 is 14.3 Å². The monoisotopic (exact) mass is 432 g/mol. The zero-order chi connectivity index (χ0) is 22.2. The van der Waals surface area contributed by atoms with E-state index in [-0.39, 0.29) is 11.9 Å². The number of nitrogens with one attached hydrogen (secondary N) is 1. The van der Waals surface area contributed by atoms with Crippen molar-refractivity contribution in [2.45, 2.75) is 38.1 Å². The summed E-state index contributed by atoms with van der Waals surface area (Å²) < 4.78 is 11.0. The van der Waals surface area contributed by atoms with E-state index in [2.05, 4.69) is 48.7 Å². The Morgan fingerprint density at radius 1 is 1.03 bits per heavy atom. The van der Waals surface area contributed by atoms with Gasteiger partial charge in [-0.1, -0.05) is 25.1 Å². The molecule has 3 unspecified atom stereocenters. The first kappa shape index (κ1) is 20.9. The molecule has 32 heavy (non-hydrogen) atoms. The lowest BCUT2D eigenvalue weighted by Gasteiger charge is -2.38. The number of rotatable bonds is 4. The van der Waals surface area contributed by atoms with Crippen LogP contribution >= 0.6 is 0 Å². The van der Waals surface area contributed by atoms with Gasteiger partial charge in [-0.25, -0.2) is 0 Å². The molecule has 2 heterocycles. The lowest BCUT2D eigenvalue weighted by Crippen LogP contribution is -2.38. The highest BCUT2D eigenvalue weighted by Gasteiger charge is 2.38. The molecule has 168 valence electrons. The summed E-state index contributed by atoms with van der Waals surface area (Å²) in [6.07, 6.45) is 7.80. The van der Waals surface area contributed by atoms with Crippen molar-refractivity contribution in [2.75, 3.05) is 32.6 Å². The molecule has 1 saturated heterocycles. The first-order valence-electron chi connectivity index (χ1n) is 11.7. The smallest absolute Gasteiger partial charge is 0.253 e. The lowest BCUT2D eigenvalue weighted by atomic mass is 9.76. The summed E-state index contributed by atoms with van der Waals surface area (Å²) in [5.74, 6) is 3.07. The van der Waals surface area contributed by atoms with Crippen LogP contribution < -0.4 is 14.8 Å². The fourth-order valence-corrected chi connectivity index (χ4v) is 5.50. The zero-order valence-electron chi connectivity index (χ0n) is 19.1. The molecule has 5 rings (SSSR count). The Balaban J connectivity index is 1.44. The summed E-state index contributed by atoms with van der Waals surface area (Å²) in [6, 6.07) is 12.5. The standard InChI is InChI=1S/C27H32N2O3/c1-17-11-13-29(14-12-17)27(30)19-7-9-23-22(15-19)20-5-4-6-21(20)26(28-23)18-8-10-24(31-2)25(16-18)32-3/h4-5,7-10,15-17,20-21,26,28H,6,11-14H2,1-3H3. The lowest BCUT2D eigenvalue weighted by molar-refractivity contribution is 0.0697. The van der Waals surface area contributed by atoms with E-state index < -0.39 is 0 Å². The number of allylic oxidation sites excluding steroid dienone is 2. The molecule has 0 saturated carbocycles. The van der Waals surface area contributed by atoms with Gasteiger partial charge >= 0.3 is 0 Å². The summed E-state index contributed by atoms with van der Waals surface area (Å²) in [4.78, 5) is 15.2. The number of hydrogen-bond acceptors (Lipinski definition) is 4. The SMILES string of the molecule is COc1ccc(C2Nc3ccc(C(=O)N4CCC(C)CC4)cc3C3C=CCC32)cc1OC. The van der Waals surface area contributed by atoms with Crippen LogP contribution in [0, 0.1) is 11.8 Å². The summed E-state index contributed by atoms with van der Waals surface area (Å²) in [5, 5.41) is 3.76. The topological polar surface area (TPSA) is 50.8 Å². The van der Waals surface area contributed by atoms with Crippen LogP contribution in [0.15, 0.2) is 48.6 Å². The minimum Gasteiger partial charge on any atom is -0.493 e. The average Bonchev–Trinajstić information content (AvgIpc) is 3.33. The van der Waals surface area contributed by atoms with E-state index in [1.54, 1.807) is 14.2 Å². The average molecular weight is 433 g/mol. The molecule has 3 atom stereocenters. The predicted octanol–water partition coefficient (Wildman–Crippen LogP) is 5.40. The third-order valence-electron chi connectivity index (χ3n) is 7.45. The van der Waals surface area contributed by atoms with Crippen LogP contribution in [0.25, 0.3) is 0 Å². The third kappa shape index (κ3) is 3.64. The fourth-order valence-electron chi connectivity index (χ4n) is 5.50.